The minimum atomic E-state index is -0.648. The predicted molar refractivity (Wildman–Crippen MR) is 76.9 cm³/mol. The highest BCUT2D eigenvalue weighted by Crippen LogP contribution is 2.34. The molecule has 1 atom stereocenters. The molecule has 7 heteroatoms. The number of hydrogen-bond donors (Lipinski definition) is 2. The molecule has 1 aromatic rings. The molecule has 1 unspecified atom stereocenters. The average Bonchev–Trinajstić information content (AvgIpc) is 2.68. The fraction of sp³-hybridized carbons (Fsp3) is 0.308. The van der Waals surface area contributed by atoms with Crippen LogP contribution in [0.2, 0.25) is 0 Å². The number of phenols is 1. The highest BCUT2D eigenvalue weighted by molar-refractivity contribution is 14.1. The molecule has 2 heterocycles. The first-order valence-corrected chi connectivity index (χ1v) is 7.21. The SMILES string of the molecule is O=C1CCC(N2Cc3c(O)cc(I)cc3C2=O)C(=O)N1. The minimum Gasteiger partial charge on any atom is -0.508 e. The Hall–Kier alpha value is -1.64. The first-order valence-electron chi connectivity index (χ1n) is 6.13. The topological polar surface area (TPSA) is 86.7 Å². The van der Waals surface area contributed by atoms with Crippen LogP contribution in [0.3, 0.4) is 0 Å². The normalized spacial score (nSPS) is 21.9. The van der Waals surface area contributed by atoms with E-state index in [1.807, 2.05) is 22.6 Å². The van der Waals surface area contributed by atoms with Crippen molar-refractivity contribution in [3.63, 3.8) is 0 Å². The minimum absolute atomic E-state index is 0.0649. The second kappa shape index (κ2) is 4.72. The molecule has 1 fully saturated rings. The Labute approximate surface area is 128 Å². The number of nitrogens with zero attached hydrogens (tertiary/aromatic N) is 1. The van der Waals surface area contributed by atoms with Crippen molar-refractivity contribution in [3.05, 3.63) is 26.8 Å². The van der Waals surface area contributed by atoms with E-state index in [9.17, 15) is 19.5 Å². The van der Waals surface area contributed by atoms with Gasteiger partial charge in [0.05, 0.1) is 6.54 Å². The van der Waals surface area contributed by atoms with Crippen LogP contribution >= 0.6 is 22.6 Å². The summed E-state index contributed by atoms with van der Waals surface area (Å²) in [6.07, 6.45) is 0.544. The molecule has 2 N–H and O–H groups in total. The van der Waals surface area contributed by atoms with Gasteiger partial charge in [-0.25, -0.2) is 0 Å². The lowest BCUT2D eigenvalue weighted by molar-refractivity contribution is -0.136. The molecule has 3 amide bonds. The number of benzene rings is 1. The standard InChI is InChI=1S/C13H11IN2O4/c14-6-3-7-8(10(17)4-6)5-16(13(7)20)9-1-2-11(18)15-12(9)19/h3-4,9,17H,1-2,5H2,(H,15,18,19). The zero-order chi connectivity index (χ0) is 14.4. The van der Waals surface area contributed by atoms with E-state index >= 15 is 0 Å². The van der Waals surface area contributed by atoms with Crippen molar-refractivity contribution < 1.29 is 19.5 Å². The Bertz CT molecular complexity index is 644. The van der Waals surface area contributed by atoms with Crippen LogP contribution in [0.15, 0.2) is 12.1 Å². The molecule has 1 aromatic carbocycles. The first-order chi connectivity index (χ1) is 9.47. The molecule has 2 aliphatic heterocycles. The van der Waals surface area contributed by atoms with Gasteiger partial charge in [0.2, 0.25) is 11.8 Å². The van der Waals surface area contributed by atoms with Crippen LogP contribution in [0, 0.1) is 3.57 Å². The number of phenolic OH excluding ortho intramolecular Hbond substituents is 1. The second-order valence-electron chi connectivity index (χ2n) is 4.85. The zero-order valence-electron chi connectivity index (χ0n) is 10.4. The average molecular weight is 386 g/mol. The van der Waals surface area contributed by atoms with Gasteiger partial charge in [-0.2, -0.15) is 0 Å². The van der Waals surface area contributed by atoms with Gasteiger partial charge in [-0.05, 0) is 41.1 Å². The van der Waals surface area contributed by atoms with Crippen LogP contribution in [-0.2, 0) is 16.1 Å². The van der Waals surface area contributed by atoms with Gasteiger partial charge < -0.3 is 10.0 Å². The molecule has 20 heavy (non-hydrogen) atoms. The molecule has 104 valence electrons. The van der Waals surface area contributed by atoms with Crippen LogP contribution < -0.4 is 5.32 Å². The molecule has 0 aliphatic carbocycles. The summed E-state index contributed by atoms with van der Waals surface area (Å²) in [5.74, 6) is -0.970. The van der Waals surface area contributed by atoms with Crippen molar-refractivity contribution in [2.75, 3.05) is 0 Å². The third kappa shape index (κ3) is 2.05. The summed E-state index contributed by atoms with van der Waals surface area (Å²) in [6, 6.07) is 2.63. The number of nitrogens with one attached hydrogen (secondary N) is 1. The van der Waals surface area contributed by atoms with Gasteiger partial charge >= 0.3 is 0 Å². The van der Waals surface area contributed by atoms with Crippen molar-refractivity contribution in [1.29, 1.82) is 0 Å². The second-order valence-corrected chi connectivity index (χ2v) is 6.10. The lowest BCUT2D eigenvalue weighted by atomic mass is 10.0. The molecule has 0 radical (unpaired) electrons. The third-order valence-electron chi connectivity index (χ3n) is 3.60. The van der Waals surface area contributed by atoms with Gasteiger partial charge in [-0.3, -0.25) is 19.7 Å². The van der Waals surface area contributed by atoms with E-state index in [1.54, 1.807) is 12.1 Å². The van der Waals surface area contributed by atoms with Gasteiger partial charge in [0.1, 0.15) is 11.8 Å². The molecule has 2 aliphatic rings. The molecule has 0 spiro atoms. The van der Waals surface area contributed by atoms with Crippen LogP contribution in [-0.4, -0.2) is 33.8 Å². The van der Waals surface area contributed by atoms with Crippen LogP contribution in [0.5, 0.6) is 5.75 Å². The van der Waals surface area contributed by atoms with Crippen molar-refractivity contribution >= 4 is 40.3 Å². The number of hydrogen-bond acceptors (Lipinski definition) is 4. The Morgan fingerprint density at radius 2 is 2.05 bits per heavy atom. The molecule has 0 aromatic heterocycles. The molecule has 1 saturated heterocycles. The molecule has 3 rings (SSSR count). The summed E-state index contributed by atoms with van der Waals surface area (Å²) < 4.78 is 0.761. The highest BCUT2D eigenvalue weighted by atomic mass is 127. The van der Waals surface area contributed by atoms with Gasteiger partial charge in [-0.1, -0.05) is 0 Å². The van der Waals surface area contributed by atoms with Gasteiger partial charge in [-0.15, -0.1) is 0 Å². The Morgan fingerprint density at radius 3 is 2.75 bits per heavy atom. The van der Waals surface area contributed by atoms with Crippen molar-refractivity contribution in [1.82, 2.24) is 10.2 Å². The highest BCUT2D eigenvalue weighted by Gasteiger charge is 2.40. The van der Waals surface area contributed by atoms with Crippen molar-refractivity contribution in [3.8, 4) is 5.75 Å². The van der Waals surface area contributed by atoms with E-state index < -0.39 is 11.9 Å². The van der Waals surface area contributed by atoms with Crippen molar-refractivity contribution in [2.45, 2.75) is 25.4 Å². The maximum atomic E-state index is 12.4. The summed E-state index contributed by atoms with van der Waals surface area (Å²) >= 11 is 2.02. The number of rotatable bonds is 1. The summed E-state index contributed by atoms with van der Waals surface area (Å²) in [5.41, 5.74) is 0.971. The fourth-order valence-electron chi connectivity index (χ4n) is 2.61. The predicted octanol–water partition coefficient (Wildman–Crippen LogP) is 0.758. The number of imide groups is 1. The van der Waals surface area contributed by atoms with E-state index in [0.717, 1.165) is 3.57 Å². The van der Waals surface area contributed by atoms with Gasteiger partial charge in [0, 0.05) is 21.1 Å². The molecule has 6 nitrogen and oxygen atoms in total. The maximum Gasteiger partial charge on any atom is 0.255 e. The Kier molecular flexibility index (Phi) is 3.15. The van der Waals surface area contributed by atoms with E-state index in [-0.39, 0.29) is 30.5 Å². The van der Waals surface area contributed by atoms with Gasteiger partial charge in [0.15, 0.2) is 0 Å². The van der Waals surface area contributed by atoms with E-state index in [2.05, 4.69) is 5.32 Å². The van der Waals surface area contributed by atoms with Crippen LogP contribution in [0.1, 0.15) is 28.8 Å². The number of amides is 3. The smallest absolute Gasteiger partial charge is 0.255 e. The summed E-state index contributed by atoms with van der Waals surface area (Å²) in [5, 5.41) is 12.2. The third-order valence-corrected chi connectivity index (χ3v) is 4.22. The fourth-order valence-corrected chi connectivity index (χ4v) is 3.21. The number of fused-ring (bicyclic) bond motifs is 1. The molecular formula is C13H11IN2O4. The number of piperidine rings is 1. The quantitative estimate of drug-likeness (QED) is 0.551. The monoisotopic (exact) mass is 386 g/mol. The molecular weight excluding hydrogens is 375 g/mol. The number of carbonyl (C=O) groups is 3. The Balaban J connectivity index is 1.92. The number of aromatic hydroxyl groups is 1. The first kappa shape index (κ1) is 13.3. The number of halogens is 1. The molecule has 0 bridgehead atoms. The van der Waals surface area contributed by atoms with Gasteiger partial charge in [0.25, 0.3) is 5.91 Å². The van der Waals surface area contributed by atoms with E-state index in [0.29, 0.717) is 17.5 Å². The maximum absolute atomic E-state index is 12.4. The lowest BCUT2D eigenvalue weighted by Crippen LogP contribution is -2.52. The summed E-state index contributed by atoms with van der Waals surface area (Å²) in [4.78, 5) is 36.8. The van der Waals surface area contributed by atoms with E-state index in [4.69, 9.17) is 0 Å². The molecule has 0 saturated carbocycles. The summed E-state index contributed by atoms with van der Waals surface area (Å²) in [7, 11) is 0. The Morgan fingerprint density at radius 1 is 1.30 bits per heavy atom. The zero-order valence-corrected chi connectivity index (χ0v) is 12.5. The van der Waals surface area contributed by atoms with Crippen LogP contribution in [0.25, 0.3) is 0 Å². The number of carbonyl (C=O) groups excluding carboxylic acids is 3. The lowest BCUT2D eigenvalue weighted by Gasteiger charge is -2.29. The van der Waals surface area contributed by atoms with Crippen LogP contribution in [0.4, 0.5) is 0 Å². The van der Waals surface area contributed by atoms with E-state index in [1.165, 1.54) is 4.90 Å². The summed E-state index contributed by atoms with van der Waals surface area (Å²) in [6.45, 7) is 0.198. The largest absolute Gasteiger partial charge is 0.508 e. The van der Waals surface area contributed by atoms with Crippen molar-refractivity contribution in [2.24, 2.45) is 0 Å².